The third-order valence-electron chi connectivity index (χ3n) is 3.52. The molecule has 1 unspecified atom stereocenters. The fourth-order valence-corrected chi connectivity index (χ4v) is 3.65. The summed E-state index contributed by atoms with van der Waals surface area (Å²) in [4.78, 5) is 4.06. The molecule has 0 saturated carbocycles. The van der Waals surface area contributed by atoms with E-state index in [2.05, 4.69) is 33.5 Å². The fourth-order valence-electron chi connectivity index (χ4n) is 2.53. The maximum Gasteiger partial charge on any atom is 0.162 e. The minimum atomic E-state index is 0.278. The van der Waals surface area contributed by atoms with Gasteiger partial charge in [0.2, 0.25) is 0 Å². The standard InChI is InChI=1S/C13H14N4S2/c1-8-9-4-7-19-11(9)3-6-17(8)13-10(12(14)18)2-5-15-16-13/h2,4-5,7-8H,3,6H2,1H3,(H2,14,18). The zero-order valence-corrected chi connectivity index (χ0v) is 12.2. The average molecular weight is 290 g/mol. The van der Waals surface area contributed by atoms with Crippen LogP contribution in [0.5, 0.6) is 0 Å². The van der Waals surface area contributed by atoms with Gasteiger partial charge in [0.05, 0.1) is 17.8 Å². The molecular weight excluding hydrogens is 276 g/mol. The number of nitrogens with zero attached hydrogens (tertiary/aromatic N) is 3. The Hall–Kier alpha value is -1.53. The van der Waals surface area contributed by atoms with Gasteiger partial charge in [-0.2, -0.15) is 5.10 Å². The van der Waals surface area contributed by atoms with Gasteiger partial charge >= 0.3 is 0 Å². The summed E-state index contributed by atoms with van der Waals surface area (Å²) >= 11 is 6.93. The van der Waals surface area contributed by atoms with Gasteiger partial charge in [-0.25, -0.2) is 0 Å². The first-order valence-corrected chi connectivity index (χ1v) is 7.41. The van der Waals surface area contributed by atoms with E-state index in [4.69, 9.17) is 18.0 Å². The second kappa shape index (κ2) is 4.86. The number of hydrogen-bond donors (Lipinski definition) is 1. The average Bonchev–Trinajstić information content (AvgIpc) is 2.88. The molecule has 4 nitrogen and oxygen atoms in total. The van der Waals surface area contributed by atoms with Crippen molar-refractivity contribution in [2.75, 3.05) is 11.4 Å². The van der Waals surface area contributed by atoms with E-state index >= 15 is 0 Å². The molecule has 0 saturated heterocycles. The van der Waals surface area contributed by atoms with Gasteiger partial charge in [0.1, 0.15) is 4.99 Å². The molecule has 1 aliphatic heterocycles. The van der Waals surface area contributed by atoms with Gasteiger partial charge in [-0.1, -0.05) is 12.2 Å². The van der Waals surface area contributed by atoms with Gasteiger partial charge in [0.15, 0.2) is 5.82 Å². The number of thiophene rings is 1. The van der Waals surface area contributed by atoms with Crippen molar-refractivity contribution in [3.05, 3.63) is 39.7 Å². The topological polar surface area (TPSA) is 55.0 Å². The van der Waals surface area contributed by atoms with E-state index in [1.165, 1.54) is 10.4 Å². The first-order chi connectivity index (χ1) is 9.18. The minimum Gasteiger partial charge on any atom is -0.389 e. The third-order valence-corrected chi connectivity index (χ3v) is 4.73. The molecule has 2 aromatic heterocycles. The van der Waals surface area contributed by atoms with Gasteiger partial charge in [-0.3, -0.25) is 0 Å². The highest BCUT2D eigenvalue weighted by atomic mass is 32.1. The van der Waals surface area contributed by atoms with Crippen molar-refractivity contribution in [2.45, 2.75) is 19.4 Å². The van der Waals surface area contributed by atoms with Crippen molar-refractivity contribution < 1.29 is 0 Å². The SMILES string of the molecule is CC1c2ccsc2CCN1c1nnccc1C(N)=S. The Balaban J connectivity index is 2.03. The van der Waals surface area contributed by atoms with Crippen molar-refractivity contribution >= 4 is 34.4 Å². The van der Waals surface area contributed by atoms with Crippen LogP contribution in [0, 0.1) is 0 Å². The van der Waals surface area contributed by atoms with Crippen LogP contribution in [-0.2, 0) is 6.42 Å². The van der Waals surface area contributed by atoms with Crippen LogP contribution in [0.3, 0.4) is 0 Å². The Morgan fingerprint density at radius 2 is 2.37 bits per heavy atom. The lowest BCUT2D eigenvalue weighted by Crippen LogP contribution is -2.35. The molecule has 3 heterocycles. The fraction of sp³-hybridized carbons (Fsp3) is 0.308. The number of aromatic nitrogens is 2. The molecule has 98 valence electrons. The maximum absolute atomic E-state index is 5.78. The third kappa shape index (κ3) is 2.11. The predicted octanol–water partition coefficient (Wildman–Crippen LogP) is 2.30. The highest BCUT2D eigenvalue weighted by molar-refractivity contribution is 7.80. The number of fused-ring (bicyclic) bond motifs is 1. The summed E-state index contributed by atoms with van der Waals surface area (Å²) in [5.74, 6) is 0.791. The van der Waals surface area contributed by atoms with Gasteiger partial charge in [-0.15, -0.1) is 16.4 Å². The number of rotatable bonds is 2. The molecule has 0 radical (unpaired) electrons. The Labute approximate surface area is 121 Å². The highest BCUT2D eigenvalue weighted by Gasteiger charge is 2.27. The number of hydrogen-bond acceptors (Lipinski definition) is 5. The van der Waals surface area contributed by atoms with E-state index < -0.39 is 0 Å². The largest absolute Gasteiger partial charge is 0.389 e. The van der Waals surface area contributed by atoms with Crippen molar-refractivity contribution in [3.63, 3.8) is 0 Å². The summed E-state index contributed by atoms with van der Waals surface area (Å²) < 4.78 is 0. The molecule has 19 heavy (non-hydrogen) atoms. The van der Waals surface area contributed by atoms with Crippen LogP contribution >= 0.6 is 23.6 Å². The summed E-state index contributed by atoms with van der Waals surface area (Å²) in [6.45, 7) is 3.10. The predicted molar refractivity (Wildman–Crippen MR) is 81.7 cm³/mol. The zero-order valence-electron chi connectivity index (χ0n) is 10.5. The molecule has 2 N–H and O–H groups in total. The van der Waals surface area contributed by atoms with E-state index in [1.807, 2.05) is 17.4 Å². The lowest BCUT2D eigenvalue weighted by Gasteiger charge is -2.35. The summed E-state index contributed by atoms with van der Waals surface area (Å²) in [5, 5.41) is 10.4. The van der Waals surface area contributed by atoms with Crippen LogP contribution in [0.25, 0.3) is 0 Å². The molecule has 0 aliphatic carbocycles. The molecule has 1 atom stereocenters. The quantitative estimate of drug-likeness (QED) is 0.860. The molecule has 0 amide bonds. The molecule has 3 rings (SSSR count). The molecule has 1 aliphatic rings. The molecule has 0 aromatic carbocycles. The van der Waals surface area contributed by atoms with E-state index in [0.29, 0.717) is 4.99 Å². The first kappa shape index (κ1) is 12.5. The van der Waals surface area contributed by atoms with E-state index in [9.17, 15) is 0 Å². The smallest absolute Gasteiger partial charge is 0.162 e. The number of thiocarbonyl (C=S) groups is 1. The van der Waals surface area contributed by atoms with Crippen LogP contribution in [0.1, 0.15) is 29.0 Å². The van der Waals surface area contributed by atoms with Gasteiger partial charge in [0.25, 0.3) is 0 Å². The summed E-state index contributed by atoms with van der Waals surface area (Å²) in [5.41, 5.74) is 7.95. The Kier molecular flexibility index (Phi) is 3.20. The number of anilines is 1. The highest BCUT2D eigenvalue weighted by Crippen LogP contribution is 2.36. The molecular formula is C13H14N4S2. The van der Waals surface area contributed by atoms with Crippen LogP contribution < -0.4 is 10.6 Å². The van der Waals surface area contributed by atoms with Crippen molar-refractivity contribution in [1.29, 1.82) is 0 Å². The number of nitrogens with two attached hydrogens (primary N) is 1. The zero-order chi connectivity index (χ0) is 13.4. The Bertz CT molecular complexity index is 623. The van der Waals surface area contributed by atoms with E-state index in [1.54, 1.807) is 6.20 Å². The van der Waals surface area contributed by atoms with Crippen molar-refractivity contribution in [3.8, 4) is 0 Å². The molecule has 0 bridgehead atoms. The van der Waals surface area contributed by atoms with Crippen LogP contribution in [-0.4, -0.2) is 21.7 Å². The van der Waals surface area contributed by atoms with Gasteiger partial charge in [0, 0.05) is 11.4 Å². The summed E-state index contributed by atoms with van der Waals surface area (Å²) in [7, 11) is 0. The van der Waals surface area contributed by atoms with Gasteiger partial charge < -0.3 is 10.6 Å². The van der Waals surface area contributed by atoms with E-state index in [0.717, 1.165) is 24.3 Å². The van der Waals surface area contributed by atoms with Crippen molar-refractivity contribution in [2.24, 2.45) is 5.73 Å². The summed E-state index contributed by atoms with van der Waals surface area (Å²) in [6.07, 6.45) is 2.66. The molecule has 2 aromatic rings. The van der Waals surface area contributed by atoms with E-state index in [-0.39, 0.29) is 6.04 Å². The maximum atomic E-state index is 5.78. The van der Waals surface area contributed by atoms with Crippen LogP contribution in [0.4, 0.5) is 5.82 Å². The van der Waals surface area contributed by atoms with Crippen molar-refractivity contribution in [1.82, 2.24) is 10.2 Å². The lowest BCUT2D eigenvalue weighted by atomic mass is 10.0. The normalized spacial score (nSPS) is 18.2. The first-order valence-electron chi connectivity index (χ1n) is 6.13. The Morgan fingerprint density at radius 1 is 1.53 bits per heavy atom. The minimum absolute atomic E-state index is 0.278. The monoisotopic (exact) mass is 290 g/mol. The molecule has 6 heteroatoms. The summed E-state index contributed by atoms with van der Waals surface area (Å²) in [6, 6.07) is 4.30. The van der Waals surface area contributed by atoms with Crippen LogP contribution in [0.2, 0.25) is 0 Å². The molecule has 0 spiro atoms. The second-order valence-electron chi connectivity index (χ2n) is 4.55. The second-order valence-corrected chi connectivity index (χ2v) is 5.99. The van der Waals surface area contributed by atoms with Crippen LogP contribution in [0.15, 0.2) is 23.7 Å². The Morgan fingerprint density at radius 3 is 3.16 bits per heavy atom. The lowest BCUT2D eigenvalue weighted by molar-refractivity contribution is 0.620. The van der Waals surface area contributed by atoms with Gasteiger partial charge in [-0.05, 0) is 36.4 Å². The molecule has 0 fully saturated rings.